The quantitative estimate of drug-likeness (QED) is 0.605. The van der Waals surface area contributed by atoms with E-state index in [0.29, 0.717) is 23.1 Å². The Morgan fingerprint density at radius 1 is 1.00 bits per heavy atom. The van der Waals surface area contributed by atoms with Crippen molar-refractivity contribution >= 4 is 22.5 Å². The minimum Gasteiger partial charge on any atom is -0.497 e. The number of hydrogen-bond acceptors (Lipinski definition) is 5. The Morgan fingerprint density at radius 2 is 1.79 bits per heavy atom. The lowest BCUT2D eigenvalue weighted by molar-refractivity contribution is -0.115. The van der Waals surface area contributed by atoms with E-state index in [-0.39, 0.29) is 24.2 Å². The minimum absolute atomic E-state index is 0.0310. The molecule has 3 aromatic rings. The van der Waals surface area contributed by atoms with Crippen molar-refractivity contribution in [2.24, 2.45) is 0 Å². The van der Waals surface area contributed by atoms with Crippen LogP contribution in [0.3, 0.4) is 0 Å². The molecule has 0 saturated heterocycles. The maximum absolute atomic E-state index is 13.2. The fourth-order valence-corrected chi connectivity index (χ4v) is 3.59. The lowest BCUT2D eigenvalue weighted by atomic mass is 9.99. The van der Waals surface area contributed by atoms with Crippen LogP contribution in [-0.4, -0.2) is 27.8 Å². The monoisotopic (exact) mass is 378 g/mol. The van der Waals surface area contributed by atoms with E-state index in [9.17, 15) is 19.2 Å². The SMILES string of the molecule is COc1ccc2c(=O)n3c(=O)n(c2c1)CCCC(=O)C(=O)c1cc(C)ccc1-3. The maximum Gasteiger partial charge on any atom is 0.336 e. The Hall–Kier alpha value is -3.48. The van der Waals surface area contributed by atoms with E-state index >= 15 is 0 Å². The summed E-state index contributed by atoms with van der Waals surface area (Å²) in [5, 5.41) is 0.339. The third kappa shape index (κ3) is 2.67. The Bertz CT molecular complexity index is 1270. The molecule has 2 aromatic carbocycles. The molecule has 2 bridgehead atoms. The zero-order chi connectivity index (χ0) is 20.0. The van der Waals surface area contributed by atoms with Crippen molar-refractivity contribution < 1.29 is 14.3 Å². The van der Waals surface area contributed by atoms with E-state index in [0.717, 1.165) is 10.1 Å². The van der Waals surface area contributed by atoms with Crippen LogP contribution in [0.25, 0.3) is 16.6 Å². The molecule has 0 atom stereocenters. The van der Waals surface area contributed by atoms with Gasteiger partial charge in [-0.15, -0.1) is 0 Å². The second kappa shape index (κ2) is 6.60. The van der Waals surface area contributed by atoms with Crippen LogP contribution in [0.1, 0.15) is 28.8 Å². The molecule has 4 rings (SSSR count). The number of carbonyl (C=O) groups is 2. The Balaban J connectivity index is 2.18. The van der Waals surface area contributed by atoms with Gasteiger partial charge in [-0.3, -0.25) is 19.0 Å². The summed E-state index contributed by atoms with van der Waals surface area (Å²) < 4.78 is 7.68. The Morgan fingerprint density at radius 3 is 2.54 bits per heavy atom. The highest BCUT2D eigenvalue weighted by molar-refractivity contribution is 6.44. The van der Waals surface area contributed by atoms with E-state index in [4.69, 9.17) is 4.74 Å². The number of nitrogens with zero attached hydrogens (tertiary/aromatic N) is 2. The third-order valence-electron chi connectivity index (χ3n) is 5.03. The standard InChI is InChI=1S/C21H18N2O5/c1-12-5-8-16-15(10-12)19(25)18(24)4-3-9-22-17-11-13(28-2)6-7-14(17)20(26)23(16)21(22)27/h5-8,10-11H,3-4,9H2,1-2H3. The van der Waals surface area contributed by atoms with Crippen LogP contribution in [0.15, 0.2) is 46.0 Å². The van der Waals surface area contributed by atoms with E-state index in [1.54, 1.807) is 43.3 Å². The van der Waals surface area contributed by atoms with Gasteiger partial charge in [0.25, 0.3) is 5.56 Å². The number of carbonyl (C=O) groups excluding carboxylic acids is 2. The van der Waals surface area contributed by atoms with Crippen molar-refractivity contribution in [3.05, 3.63) is 68.4 Å². The first-order valence-corrected chi connectivity index (χ1v) is 8.94. The molecular formula is C21H18N2O5. The van der Waals surface area contributed by atoms with Gasteiger partial charge in [0.15, 0.2) is 0 Å². The van der Waals surface area contributed by atoms with Gasteiger partial charge >= 0.3 is 5.69 Å². The molecule has 0 unspecified atom stereocenters. The summed E-state index contributed by atoms with van der Waals surface area (Å²) in [4.78, 5) is 51.5. The van der Waals surface area contributed by atoms with Gasteiger partial charge in [0.05, 0.1) is 29.3 Å². The maximum atomic E-state index is 13.2. The lowest BCUT2D eigenvalue weighted by Gasteiger charge is -2.18. The van der Waals surface area contributed by atoms with E-state index in [2.05, 4.69) is 0 Å². The molecule has 28 heavy (non-hydrogen) atoms. The fraction of sp³-hybridized carbons (Fsp3) is 0.238. The van der Waals surface area contributed by atoms with Crippen LogP contribution in [0.5, 0.6) is 5.75 Å². The second-order valence-corrected chi connectivity index (χ2v) is 6.83. The highest BCUT2D eigenvalue weighted by Gasteiger charge is 2.25. The number of methoxy groups -OCH3 is 1. The molecule has 0 saturated carbocycles. The number of ether oxygens (including phenoxy) is 1. The van der Waals surface area contributed by atoms with Gasteiger partial charge in [0.1, 0.15) is 5.75 Å². The summed E-state index contributed by atoms with van der Waals surface area (Å²) >= 11 is 0. The van der Waals surface area contributed by atoms with Gasteiger partial charge in [0.2, 0.25) is 11.6 Å². The van der Waals surface area contributed by atoms with Crippen molar-refractivity contribution in [2.75, 3.05) is 7.11 Å². The van der Waals surface area contributed by atoms with Crippen LogP contribution in [-0.2, 0) is 11.3 Å². The van der Waals surface area contributed by atoms with Gasteiger partial charge in [-0.1, -0.05) is 11.6 Å². The van der Waals surface area contributed by atoms with E-state index in [1.165, 1.54) is 11.7 Å². The number of ketones is 2. The van der Waals surface area contributed by atoms with Gasteiger partial charge in [-0.05, 0) is 37.6 Å². The number of benzene rings is 2. The van der Waals surface area contributed by atoms with Crippen molar-refractivity contribution in [1.29, 1.82) is 0 Å². The van der Waals surface area contributed by atoms with Gasteiger partial charge < -0.3 is 4.74 Å². The predicted molar refractivity (Wildman–Crippen MR) is 104 cm³/mol. The molecular weight excluding hydrogens is 360 g/mol. The molecule has 142 valence electrons. The summed E-state index contributed by atoms with van der Waals surface area (Å²) in [5.74, 6) is -0.680. The topological polar surface area (TPSA) is 87.4 Å². The zero-order valence-corrected chi connectivity index (χ0v) is 15.5. The number of Topliss-reactive ketones (excluding diaryl/α,β-unsaturated/α-hetero) is 2. The first-order chi connectivity index (χ1) is 13.4. The van der Waals surface area contributed by atoms with Crippen LogP contribution in [0, 0.1) is 6.92 Å². The van der Waals surface area contributed by atoms with Crippen LogP contribution in [0.4, 0.5) is 0 Å². The first kappa shape index (κ1) is 17.9. The number of rotatable bonds is 1. The summed E-state index contributed by atoms with van der Waals surface area (Å²) in [7, 11) is 1.51. The molecule has 1 aliphatic rings. The molecule has 1 aliphatic heterocycles. The molecule has 0 fully saturated rings. The number of aromatic nitrogens is 2. The molecule has 2 heterocycles. The van der Waals surface area contributed by atoms with Crippen molar-refractivity contribution in [1.82, 2.24) is 9.13 Å². The van der Waals surface area contributed by atoms with Crippen LogP contribution >= 0.6 is 0 Å². The molecule has 0 N–H and O–H groups in total. The molecule has 0 amide bonds. The highest BCUT2D eigenvalue weighted by atomic mass is 16.5. The van der Waals surface area contributed by atoms with E-state index < -0.39 is 22.8 Å². The highest BCUT2D eigenvalue weighted by Crippen LogP contribution is 2.21. The summed E-state index contributed by atoms with van der Waals surface area (Å²) in [5.41, 5.74) is 0.329. The Labute approximate surface area is 159 Å². The fourth-order valence-electron chi connectivity index (χ4n) is 3.59. The molecule has 7 heteroatoms. The molecule has 0 aliphatic carbocycles. The van der Waals surface area contributed by atoms with Crippen molar-refractivity contribution in [3.63, 3.8) is 0 Å². The predicted octanol–water partition coefficient (Wildman–Crippen LogP) is 2.02. The van der Waals surface area contributed by atoms with Gasteiger partial charge in [0, 0.05) is 19.0 Å². The normalized spacial score (nSPS) is 14.1. The van der Waals surface area contributed by atoms with Crippen LogP contribution in [0.2, 0.25) is 0 Å². The van der Waals surface area contributed by atoms with Crippen LogP contribution < -0.4 is 16.0 Å². The molecule has 0 radical (unpaired) electrons. The molecule has 7 nitrogen and oxygen atoms in total. The van der Waals surface area contributed by atoms with Gasteiger partial charge in [-0.2, -0.15) is 0 Å². The van der Waals surface area contributed by atoms with Crippen molar-refractivity contribution in [2.45, 2.75) is 26.3 Å². The minimum atomic E-state index is -0.673. The molecule has 1 aromatic heterocycles. The largest absolute Gasteiger partial charge is 0.497 e. The first-order valence-electron chi connectivity index (χ1n) is 8.94. The number of fused-ring (bicyclic) bond motifs is 6. The average molecular weight is 378 g/mol. The van der Waals surface area contributed by atoms with Gasteiger partial charge in [-0.25, -0.2) is 9.36 Å². The molecule has 0 spiro atoms. The summed E-state index contributed by atoms with van der Waals surface area (Å²) in [6.45, 7) is 1.99. The number of aryl methyl sites for hydroxylation is 2. The summed E-state index contributed by atoms with van der Waals surface area (Å²) in [6, 6.07) is 9.69. The zero-order valence-electron chi connectivity index (χ0n) is 15.5. The Kier molecular flexibility index (Phi) is 4.22. The lowest BCUT2D eigenvalue weighted by Crippen LogP contribution is -2.40. The average Bonchev–Trinajstić information content (AvgIpc) is 2.69. The van der Waals surface area contributed by atoms with E-state index in [1.807, 2.05) is 0 Å². The van der Waals surface area contributed by atoms with Crippen molar-refractivity contribution in [3.8, 4) is 11.4 Å². The third-order valence-corrected chi connectivity index (χ3v) is 5.03. The number of hydrogen-bond donors (Lipinski definition) is 0. The second-order valence-electron chi connectivity index (χ2n) is 6.83. The summed E-state index contributed by atoms with van der Waals surface area (Å²) in [6.07, 6.45) is 0.347. The smallest absolute Gasteiger partial charge is 0.336 e.